The van der Waals surface area contributed by atoms with Gasteiger partial charge in [-0.05, 0) is 43.4 Å². The Labute approximate surface area is 171 Å². The molecule has 5 nitrogen and oxygen atoms in total. The SMILES string of the molecule is O=C(Nc1ccnn1C1CCN(C/C=C/c2ccc(F)cc2)CC1)C1CCCC1. The van der Waals surface area contributed by atoms with Gasteiger partial charge in [0.1, 0.15) is 11.6 Å². The van der Waals surface area contributed by atoms with Gasteiger partial charge in [-0.3, -0.25) is 9.69 Å². The summed E-state index contributed by atoms with van der Waals surface area (Å²) in [6.07, 6.45) is 12.3. The molecule has 0 unspecified atom stereocenters. The molecule has 1 aromatic carbocycles. The number of aromatic nitrogens is 2. The molecule has 1 aromatic heterocycles. The van der Waals surface area contributed by atoms with E-state index in [0.29, 0.717) is 6.04 Å². The summed E-state index contributed by atoms with van der Waals surface area (Å²) < 4.78 is 15.0. The van der Waals surface area contributed by atoms with Crippen LogP contribution in [-0.4, -0.2) is 40.2 Å². The molecule has 6 heteroatoms. The Balaban J connectivity index is 1.27. The number of benzene rings is 1. The summed E-state index contributed by atoms with van der Waals surface area (Å²) in [7, 11) is 0. The quantitative estimate of drug-likeness (QED) is 0.782. The number of nitrogens with zero attached hydrogens (tertiary/aromatic N) is 3. The first-order valence-electron chi connectivity index (χ1n) is 10.7. The van der Waals surface area contributed by atoms with Gasteiger partial charge < -0.3 is 5.32 Å². The van der Waals surface area contributed by atoms with Crippen molar-refractivity contribution in [2.75, 3.05) is 25.0 Å². The predicted molar refractivity (Wildman–Crippen MR) is 113 cm³/mol. The fourth-order valence-corrected chi connectivity index (χ4v) is 4.38. The molecule has 4 rings (SSSR count). The van der Waals surface area contributed by atoms with Crippen LogP contribution < -0.4 is 5.32 Å². The van der Waals surface area contributed by atoms with E-state index in [1.54, 1.807) is 18.3 Å². The summed E-state index contributed by atoms with van der Waals surface area (Å²) in [6, 6.07) is 8.77. The Morgan fingerprint density at radius 2 is 1.83 bits per heavy atom. The minimum atomic E-state index is -0.207. The second-order valence-corrected chi connectivity index (χ2v) is 8.12. The lowest BCUT2D eigenvalue weighted by atomic mass is 10.0. The maximum Gasteiger partial charge on any atom is 0.228 e. The van der Waals surface area contributed by atoms with Crippen LogP contribution in [0.1, 0.15) is 50.1 Å². The number of amides is 1. The van der Waals surface area contributed by atoms with Crippen LogP contribution in [0.3, 0.4) is 0 Å². The van der Waals surface area contributed by atoms with E-state index in [2.05, 4.69) is 21.4 Å². The minimum Gasteiger partial charge on any atom is -0.311 e. The van der Waals surface area contributed by atoms with Crippen molar-refractivity contribution in [3.63, 3.8) is 0 Å². The van der Waals surface area contributed by atoms with Crippen molar-refractivity contribution in [2.45, 2.75) is 44.6 Å². The van der Waals surface area contributed by atoms with Crippen molar-refractivity contribution < 1.29 is 9.18 Å². The topological polar surface area (TPSA) is 50.2 Å². The average Bonchev–Trinajstić information content (AvgIpc) is 3.42. The molecule has 154 valence electrons. The van der Waals surface area contributed by atoms with Gasteiger partial charge in [0, 0.05) is 31.6 Å². The third kappa shape index (κ3) is 5.12. The van der Waals surface area contributed by atoms with Gasteiger partial charge in [-0.25, -0.2) is 9.07 Å². The van der Waals surface area contributed by atoms with Crippen LogP contribution in [0.5, 0.6) is 0 Å². The highest BCUT2D eigenvalue weighted by Gasteiger charge is 2.26. The Kier molecular flexibility index (Phi) is 6.39. The van der Waals surface area contributed by atoms with Crippen molar-refractivity contribution in [1.29, 1.82) is 0 Å². The highest BCUT2D eigenvalue weighted by Crippen LogP contribution is 2.28. The molecule has 2 heterocycles. The number of hydrogen-bond donors (Lipinski definition) is 1. The zero-order valence-corrected chi connectivity index (χ0v) is 16.8. The van der Waals surface area contributed by atoms with Crippen molar-refractivity contribution in [3.05, 3.63) is 54.0 Å². The van der Waals surface area contributed by atoms with Crippen molar-refractivity contribution in [1.82, 2.24) is 14.7 Å². The van der Waals surface area contributed by atoms with E-state index in [0.717, 1.165) is 69.5 Å². The lowest BCUT2D eigenvalue weighted by molar-refractivity contribution is -0.119. The third-order valence-electron chi connectivity index (χ3n) is 6.09. The molecule has 1 saturated carbocycles. The van der Waals surface area contributed by atoms with Crippen molar-refractivity contribution >= 4 is 17.8 Å². The van der Waals surface area contributed by atoms with E-state index in [1.807, 2.05) is 16.8 Å². The number of piperidine rings is 1. The predicted octanol–water partition coefficient (Wildman–Crippen LogP) is 4.50. The summed E-state index contributed by atoms with van der Waals surface area (Å²) in [5, 5.41) is 7.60. The molecule has 0 spiro atoms. The largest absolute Gasteiger partial charge is 0.311 e. The molecular formula is C23H29FN4O. The Morgan fingerprint density at radius 1 is 1.10 bits per heavy atom. The fourth-order valence-electron chi connectivity index (χ4n) is 4.38. The standard InChI is InChI=1S/C23H29FN4O/c24-20-9-7-18(8-10-20)4-3-15-27-16-12-21(13-17-27)28-22(11-14-25-28)26-23(29)19-5-1-2-6-19/h3-4,7-11,14,19,21H,1-2,5-6,12-13,15-17H2,(H,26,29)/b4-3+. The van der Waals surface area contributed by atoms with E-state index in [1.165, 1.54) is 12.1 Å². The molecule has 1 aliphatic carbocycles. The molecule has 2 aromatic rings. The van der Waals surface area contributed by atoms with E-state index in [-0.39, 0.29) is 17.6 Å². The van der Waals surface area contributed by atoms with Crippen molar-refractivity contribution in [2.24, 2.45) is 5.92 Å². The molecule has 0 atom stereocenters. The van der Waals surface area contributed by atoms with Gasteiger partial charge >= 0.3 is 0 Å². The van der Waals surface area contributed by atoms with Crippen LogP contribution >= 0.6 is 0 Å². The molecule has 2 aliphatic rings. The van der Waals surface area contributed by atoms with Gasteiger partial charge in [-0.2, -0.15) is 5.10 Å². The average molecular weight is 397 g/mol. The highest BCUT2D eigenvalue weighted by atomic mass is 19.1. The van der Waals surface area contributed by atoms with Crippen LogP contribution in [0, 0.1) is 11.7 Å². The van der Waals surface area contributed by atoms with Gasteiger partial charge in [0.2, 0.25) is 5.91 Å². The van der Waals surface area contributed by atoms with Gasteiger partial charge in [-0.15, -0.1) is 0 Å². The number of carbonyl (C=O) groups excluding carboxylic acids is 1. The van der Waals surface area contributed by atoms with Gasteiger partial charge in [-0.1, -0.05) is 37.1 Å². The Hall–Kier alpha value is -2.47. The van der Waals surface area contributed by atoms with E-state index >= 15 is 0 Å². The number of likely N-dealkylation sites (tertiary alicyclic amines) is 1. The number of hydrogen-bond acceptors (Lipinski definition) is 3. The van der Waals surface area contributed by atoms with Gasteiger partial charge in [0.25, 0.3) is 0 Å². The summed E-state index contributed by atoms with van der Waals surface area (Å²) in [6.45, 7) is 2.87. The molecule has 2 fully saturated rings. The fraction of sp³-hybridized carbons (Fsp3) is 0.478. The third-order valence-corrected chi connectivity index (χ3v) is 6.09. The number of rotatable bonds is 6. The van der Waals surface area contributed by atoms with Gasteiger partial charge in [0.15, 0.2) is 0 Å². The van der Waals surface area contributed by atoms with Gasteiger partial charge in [0.05, 0.1) is 12.2 Å². The number of carbonyl (C=O) groups is 1. The monoisotopic (exact) mass is 396 g/mol. The number of anilines is 1. The normalized spacial score (nSPS) is 19.2. The second kappa shape index (κ2) is 9.35. The van der Waals surface area contributed by atoms with Crippen LogP contribution in [0.15, 0.2) is 42.6 Å². The number of halogens is 1. The molecule has 1 saturated heterocycles. The zero-order valence-electron chi connectivity index (χ0n) is 16.8. The summed E-state index contributed by atoms with van der Waals surface area (Å²) in [4.78, 5) is 14.9. The van der Waals surface area contributed by atoms with E-state index < -0.39 is 0 Å². The molecule has 0 bridgehead atoms. The first kappa shape index (κ1) is 19.8. The van der Waals surface area contributed by atoms with Crippen LogP contribution in [-0.2, 0) is 4.79 Å². The Morgan fingerprint density at radius 3 is 2.55 bits per heavy atom. The van der Waals surface area contributed by atoms with Crippen LogP contribution in [0.25, 0.3) is 6.08 Å². The van der Waals surface area contributed by atoms with Crippen LogP contribution in [0.2, 0.25) is 0 Å². The lowest BCUT2D eigenvalue weighted by Crippen LogP contribution is -2.35. The highest BCUT2D eigenvalue weighted by molar-refractivity contribution is 5.91. The first-order chi connectivity index (χ1) is 14.2. The van der Waals surface area contributed by atoms with Crippen molar-refractivity contribution in [3.8, 4) is 0 Å². The second-order valence-electron chi connectivity index (χ2n) is 8.12. The summed E-state index contributed by atoms with van der Waals surface area (Å²) in [5.41, 5.74) is 1.01. The maximum atomic E-state index is 13.0. The minimum absolute atomic E-state index is 0.146. The number of nitrogens with one attached hydrogen (secondary N) is 1. The summed E-state index contributed by atoms with van der Waals surface area (Å²) in [5.74, 6) is 0.930. The zero-order chi connectivity index (χ0) is 20.1. The summed E-state index contributed by atoms with van der Waals surface area (Å²) >= 11 is 0. The Bertz CT molecular complexity index is 831. The molecule has 1 aliphatic heterocycles. The van der Waals surface area contributed by atoms with E-state index in [9.17, 15) is 9.18 Å². The molecule has 0 radical (unpaired) electrons. The molecule has 1 amide bonds. The first-order valence-corrected chi connectivity index (χ1v) is 10.7. The van der Waals surface area contributed by atoms with Crippen LogP contribution in [0.4, 0.5) is 10.2 Å². The maximum absolute atomic E-state index is 13.0. The lowest BCUT2D eigenvalue weighted by Gasteiger charge is -2.32. The molecular weight excluding hydrogens is 367 g/mol. The molecule has 29 heavy (non-hydrogen) atoms. The smallest absolute Gasteiger partial charge is 0.228 e. The molecule has 1 N–H and O–H groups in total. The van der Waals surface area contributed by atoms with E-state index in [4.69, 9.17) is 0 Å².